The fourth-order valence-corrected chi connectivity index (χ4v) is 4.02. The molecule has 0 spiro atoms. The molecule has 26 heavy (non-hydrogen) atoms. The second kappa shape index (κ2) is 7.12. The normalized spacial score (nSPS) is 11.3. The standard InChI is InChI=1S/C17H20N6O2S/c1-12-17(13(2)19-18-12)26(24,25)22-15-9-10-16(21-20-15)23(3)11-14-7-5-4-6-8-14/h4-10H,11H2,1-3H3,(H,18,19)(H,20,22). The maximum Gasteiger partial charge on any atom is 0.266 e. The van der Waals surface area contributed by atoms with Crippen LogP contribution >= 0.6 is 0 Å². The molecule has 136 valence electrons. The van der Waals surface area contributed by atoms with Gasteiger partial charge in [-0.1, -0.05) is 30.3 Å². The Morgan fingerprint density at radius 3 is 2.38 bits per heavy atom. The predicted molar refractivity (Wildman–Crippen MR) is 99.5 cm³/mol. The van der Waals surface area contributed by atoms with Crippen molar-refractivity contribution >= 4 is 21.7 Å². The van der Waals surface area contributed by atoms with Gasteiger partial charge in [-0.15, -0.1) is 10.2 Å². The first-order chi connectivity index (χ1) is 12.4. The molecule has 2 aromatic heterocycles. The van der Waals surface area contributed by atoms with Gasteiger partial charge in [0.05, 0.1) is 11.4 Å². The van der Waals surface area contributed by atoms with Crippen molar-refractivity contribution in [3.05, 3.63) is 59.4 Å². The van der Waals surface area contributed by atoms with E-state index in [0.717, 1.165) is 5.56 Å². The van der Waals surface area contributed by atoms with Crippen LogP contribution in [0.25, 0.3) is 0 Å². The highest BCUT2D eigenvalue weighted by molar-refractivity contribution is 7.92. The number of H-pyrrole nitrogens is 1. The Morgan fingerprint density at radius 2 is 1.81 bits per heavy atom. The molecule has 0 amide bonds. The minimum Gasteiger partial charge on any atom is -0.354 e. The van der Waals surface area contributed by atoms with E-state index >= 15 is 0 Å². The van der Waals surface area contributed by atoms with Gasteiger partial charge >= 0.3 is 0 Å². The molecule has 3 rings (SSSR count). The summed E-state index contributed by atoms with van der Waals surface area (Å²) >= 11 is 0. The molecule has 3 aromatic rings. The number of aryl methyl sites for hydroxylation is 2. The van der Waals surface area contributed by atoms with E-state index in [4.69, 9.17) is 0 Å². The van der Waals surface area contributed by atoms with Crippen LogP contribution in [0, 0.1) is 13.8 Å². The summed E-state index contributed by atoms with van der Waals surface area (Å²) < 4.78 is 27.5. The van der Waals surface area contributed by atoms with E-state index in [1.54, 1.807) is 26.0 Å². The zero-order chi connectivity index (χ0) is 18.7. The molecule has 2 heterocycles. The van der Waals surface area contributed by atoms with Crippen LogP contribution in [0.2, 0.25) is 0 Å². The van der Waals surface area contributed by atoms with Crippen molar-refractivity contribution < 1.29 is 8.42 Å². The van der Waals surface area contributed by atoms with Crippen molar-refractivity contribution in [3.8, 4) is 0 Å². The summed E-state index contributed by atoms with van der Waals surface area (Å²) in [4.78, 5) is 2.06. The maximum absolute atomic E-state index is 12.5. The second-order valence-corrected chi connectivity index (χ2v) is 7.61. The molecule has 1 aromatic carbocycles. The van der Waals surface area contributed by atoms with E-state index in [9.17, 15) is 8.42 Å². The number of anilines is 2. The van der Waals surface area contributed by atoms with E-state index < -0.39 is 10.0 Å². The molecule has 0 bridgehead atoms. The average Bonchev–Trinajstić information content (AvgIpc) is 2.95. The van der Waals surface area contributed by atoms with Gasteiger partial charge in [-0.3, -0.25) is 9.82 Å². The minimum absolute atomic E-state index is 0.129. The molecule has 2 N–H and O–H groups in total. The van der Waals surface area contributed by atoms with Gasteiger partial charge in [0.15, 0.2) is 11.6 Å². The Balaban J connectivity index is 1.73. The molecule has 9 heteroatoms. The zero-order valence-corrected chi connectivity index (χ0v) is 15.6. The third-order valence-corrected chi connectivity index (χ3v) is 5.49. The first kappa shape index (κ1) is 17.9. The third-order valence-electron chi connectivity index (χ3n) is 3.87. The third kappa shape index (κ3) is 3.83. The van der Waals surface area contributed by atoms with Crippen LogP contribution in [0.15, 0.2) is 47.4 Å². The van der Waals surface area contributed by atoms with Crippen molar-refractivity contribution in [2.24, 2.45) is 0 Å². The highest BCUT2D eigenvalue weighted by atomic mass is 32.2. The number of nitrogens with one attached hydrogen (secondary N) is 2. The summed E-state index contributed by atoms with van der Waals surface area (Å²) in [5, 5.41) is 14.7. The van der Waals surface area contributed by atoms with Crippen molar-refractivity contribution in [2.45, 2.75) is 25.3 Å². The molecular weight excluding hydrogens is 352 g/mol. The van der Waals surface area contributed by atoms with Crippen LogP contribution < -0.4 is 9.62 Å². The number of benzene rings is 1. The number of hydrogen-bond donors (Lipinski definition) is 2. The lowest BCUT2D eigenvalue weighted by atomic mass is 10.2. The van der Waals surface area contributed by atoms with Crippen LogP contribution in [-0.2, 0) is 16.6 Å². The largest absolute Gasteiger partial charge is 0.354 e. The summed E-state index contributed by atoms with van der Waals surface area (Å²) in [6.07, 6.45) is 0. The molecule has 0 radical (unpaired) electrons. The number of hydrogen-bond acceptors (Lipinski definition) is 6. The van der Waals surface area contributed by atoms with Crippen molar-refractivity contribution in [1.82, 2.24) is 20.4 Å². The van der Waals surface area contributed by atoms with E-state index in [-0.39, 0.29) is 10.7 Å². The van der Waals surface area contributed by atoms with E-state index in [1.165, 1.54) is 0 Å². The summed E-state index contributed by atoms with van der Waals surface area (Å²) in [6.45, 7) is 3.96. The Hall–Kier alpha value is -2.94. The van der Waals surface area contributed by atoms with Gasteiger partial charge in [0, 0.05) is 13.6 Å². The van der Waals surface area contributed by atoms with Crippen molar-refractivity contribution in [3.63, 3.8) is 0 Å². The Bertz CT molecular complexity index is 964. The molecule has 0 saturated heterocycles. The van der Waals surface area contributed by atoms with Gasteiger partial charge in [-0.25, -0.2) is 8.42 Å². The van der Waals surface area contributed by atoms with Gasteiger partial charge < -0.3 is 4.90 Å². The van der Waals surface area contributed by atoms with Gasteiger partial charge in [-0.2, -0.15) is 5.10 Å². The van der Waals surface area contributed by atoms with Gasteiger partial charge in [0.25, 0.3) is 10.0 Å². The van der Waals surface area contributed by atoms with Gasteiger partial charge in [-0.05, 0) is 31.5 Å². The Labute approximate surface area is 152 Å². The topological polar surface area (TPSA) is 104 Å². The summed E-state index contributed by atoms with van der Waals surface area (Å²) in [6, 6.07) is 13.3. The van der Waals surface area contributed by atoms with Gasteiger partial charge in [0.2, 0.25) is 0 Å². The van der Waals surface area contributed by atoms with Crippen LogP contribution in [0.4, 0.5) is 11.6 Å². The summed E-state index contributed by atoms with van der Waals surface area (Å²) in [5.74, 6) is 0.800. The number of sulfonamides is 1. The molecule has 0 aliphatic rings. The van der Waals surface area contributed by atoms with Crippen molar-refractivity contribution in [1.29, 1.82) is 0 Å². The summed E-state index contributed by atoms with van der Waals surface area (Å²) in [7, 11) is -1.87. The molecule has 0 aliphatic heterocycles. The van der Waals surface area contributed by atoms with Crippen LogP contribution in [0.3, 0.4) is 0 Å². The maximum atomic E-state index is 12.5. The fourth-order valence-electron chi connectivity index (χ4n) is 2.65. The summed E-state index contributed by atoms with van der Waals surface area (Å²) in [5.41, 5.74) is 2.02. The number of rotatable bonds is 6. The van der Waals surface area contributed by atoms with Crippen molar-refractivity contribution in [2.75, 3.05) is 16.7 Å². The Morgan fingerprint density at radius 1 is 1.08 bits per heavy atom. The quantitative estimate of drug-likeness (QED) is 0.688. The number of aromatic nitrogens is 4. The van der Waals surface area contributed by atoms with E-state index in [1.807, 2.05) is 42.3 Å². The Kier molecular flexibility index (Phi) is 4.90. The highest BCUT2D eigenvalue weighted by Crippen LogP contribution is 2.20. The SMILES string of the molecule is Cc1n[nH]c(C)c1S(=O)(=O)Nc1ccc(N(C)Cc2ccccc2)nn1. The molecule has 0 unspecified atom stereocenters. The highest BCUT2D eigenvalue weighted by Gasteiger charge is 2.23. The lowest BCUT2D eigenvalue weighted by Crippen LogP contribution is -2.19. The first-order valence-corrected chi connectivity index (χ1v) is 9.48. The molecule has 0 fully saturated rings. The lowest BCUT2D eigenvalue weighted by Gasteiger charge is -2.17. The zero-order valence-electron chi connectivity index (χ0n) is 14.8. The molecule has 0 saturated carbocycles. The lowest BCUT2D eigenvalue weighted by molar-refractivity contribution is 0.600. The van der Waals surface area contributed by atoms with Crippen LogP contribution in [0.1, 0.15) is 17.0 Å². The molecule has 8 nitrogen and oxygen atoms in total. The fraction of sp³-hybridized carbons (Fsp3) is 0.235. The second-order valence-electron chi connectivity index (χ2n) is 5.99. The predicted octanol–water partition coefficient (Wildman–Crippen LogP) is 2.25. The van der Waals surface area contributed by atoms with Crippen LogP contribution in [-0.4, -0.2) is 35.9 Å². The monoisotopic (exact) mass is 372 g/mol. The minimum atomic E-state index is -3.77. The molecule has 0 atom stereocenters. The van der Waals surface area contributed by atoms with Gasteiger partial charge in [0.1, 0.15) is 4.90 Å². The number of aromatic amines is 1. The molecule has 0 aliphatic carbocycles. The average molecular weight is 372 g/mol. The first-order valence-electron chi connectivity index (χ1n) is 8.00. The molecular formula is C17H20N6O2S. The van der Waals surface area contributed by atoms with E-state index in [2.05, 4.69) is 25.1 Å². The number of nitrogens with zero attached hydrogens (tertiary/aromatic N) is 4. The van der Waals surface area contributed by atoms with E-state index in [0.29, 0.717) is 23.8 Å². The van der Waals surface area contributed by atoms with Crippen LogP contribution in [0.5, 0.6) is 0 Å². The smallest absolute Gasteiger partial charge is 0.266 e.